The first-order valence-electron chi connectivity index (χ1n) is 10.2. The number of hydrogen-bond acceptors (Lipinski definition) is 1. The van der Waals surface area contributed by atoms with Gasteiger partial charge in [-0.25, -0.2) is 4.99 Å². The average Bonchev–Trinajstić information content (AvgIpc) is 3.50. The number of aryl methyl sites for hydroxylation is 1. The number of halogens is 6. The topological polar surface area (TPSA) is 29.4 Å². The lowest BCUT2D eigenvalue weighted by Crippen LogP contribution is -2.19. The molecule has 2 aliphatic carbocycles. The summed E-state index contributed by atoms with van der Waals surface area (Å²) in [6, 6.07) is 7.94. The van der Waals surface area contributed by atoms with Crippen LogP contribution in [0.1, 0.15) is 53.4 Å². The van der Waals surface area contributed by atoms with Gasteiger partial charge in [-0.15, -0.1) is 0 Å². The molecular formula is C24H19Cl3F3NO. The minimum atomic E-state index is -4.52. The van der Waals surface area contributed by atoms with Crippen molar-refractivity contribution >= 4 is 53.0 Å². The zero-order valence-electron chi connectivity index (χ0n) is 16.8. The summed E-state index contributed by atoms with van der Waals surface area (Å²) in [5.74, 6) is -1.78. The monoisotopic (exact) mass is 499 g/mol. The molecule has 2 aromatic carbocycles. The zero-order chi connectivity index (χ0) is 23.0. The number of benzene rings is 2. The fraction of sp³-hybridized carbons (Fsp3) is 0.333. The van der Waals surface area contributed by atoms with Crippen LogP contribution in [0.4, 0.5) is 13.2 Å². The van der Waals surface area contributed by atoms with E-state index in [1.807, 2.05) is 12.1 Å². The molecule has 0 spiro atoms. The molecule has 8 heteroatoms. The normalized spacial score (nSPS) is 19.6. The van der Waals surface area contributed by atoms with Gasteiger partial charge in [0.1, 0.15) is 0 Å². The molecule has 0 bridgehead atoms. The Labute approximate surface area is 199 Å². The Bertz CT molecular complexity index is 1080. The zero-order valence-corrected chi connectivity index (χ0v) is 19.1. The molecule has 0 saturated heterocycles. The molecule has 2 aliphatic rings. The summed E-state index contributed by atoms with van der Waals surface area (Å²) >= 11 is 17.7. The van der Waals surface area contributed by atoms with Crippen molar-refractivity contribution in [1.82, 2.24) is 0 Å². The summed E-state index contributed by atoms with van der Waals surface area (Å²) in [6.45, 7) is 0. The van der Waals surface area contributed by atoms with E-state index in [4.69, 9.17) is 34.8 Å². The SMILES string of the molecule is O=C(N=CC1CCc2cc(/C=C/C(c3cc(Cl)c(Cl)c(Cl)c3)C(F)(F)F)ccc21)C1CC1. The van der Waals surface area contributed by atoms with E-state index >= 15 is 0 Å². The molecule has 2 nitrogen and oxygen atoms in total. The van der Waals surface area contributed by atoms with Gasteiger partial charge in [0.25, 0.3) is 0 Å². The first-order valence-corrected chi connectivity index (χ1v) is 11.4. The standard InChI is InChI=1S/C24H19Cl3F3NO/c25-20-10-17(11-21(26)22(20)27)19(24(28,29)30)8-2-13-1-7-18-15(9-13)5-6-16(18)12-31-23(32)14-3-4-14/h1-2,7-12,14,16,19H,3-6H2/b8-2+,31-12?. The molecule has 1 fully saturated rings. The van der Waals surface area contributed by atoms with Gasteiger partial charge in [0.05, 0.1) is 21.0 Å². The van der Waals surface area contributed by atoms with Crippen LogP contribution < -0.4 is 0 Å². The van der Waals surface area contributed by atoms with E-state index in [1.165, 1.54) is 18.2 Å². The lowest BCUT2D eigenvalue weighted by Gasteiger charge is -2.18. The lowest BCUT2D eigenvalue weighted by atomic mass is 9.96. The molecule has 0 N–H and O–H groups in total. The van der Waals surface area contributed by atoms with Crippen LogP contribution in [-0.2, 0) is 11.2 Å². The fourth-order valence-corrected chi connectivity index (χ4v) is 4.51. The van der Waals surface area contributed by atoms with Gasteiger partial charge in [-0.1, -0.05) is 65.2 Å². The number of alkyl halides is 3. The van der Waals surface area contributed by atoms with Crippen molar-refractivity contribution < 1.29 is 18.0 Å². The van der Waals surface area contributed by atoms with Gasteiger partial charge in [-0.3, -0.25) is 4.79 Å². The van der Waals surface area contributed by atoms with Gasteiger partial charge in [0.15, 0.2) is 0 Å². The van der Waals surface area contributed by atoms with Crippen molar-refractivity contribution in [3.8, 4) is 0 Å². The molecule has 0 heterocycles. The van der Waals surface area contributed by atoms with Crippen LogP contribution in [0.3, 0.4) is 0 Å². The van der Waals surface area contributed by atoms with E-state index in [2.05, 4.69) is 4.99 Å². The molecule has 0 aliphatic heterocycles. The quantitative estimate of drug-likeness (QED) is 0.302. The summed E-state index contributed by atoms with van der Waals surface area (Å²) < 4.78 is 41.2. The Morgan fingerprint density at radius 1 is 1.06 bits per heavy atom. The second kappa shape index (κ2) is 9.20. The van der Waals surface area contributed by atoms with E-state index in [1.54, 1.807) is 12.3 Å². The fourth-order valence-electron chi connectivity index (χ4n) is 3.90. The molecule has 32 heavy (non-hydrogen) atoms. The molecule has 2 aromatic rings. The summed E-state index contributed by atoms with van der Waals surface area (Å²) in [5.41, 5.74) is 2.71. The minimum absolute atomic E-state index is 0.0255. The highest BCUT2D eigenvalue weighted by atomic mass is 35.5. The molecule has 168 valence electrons. The largest absolute Gasteiger partial charge is 0.399 e. The van der Waals surface area contributed by atoms with Crippen molar-refractivity contribution in [1.29, 1.82) is 0 Å². The predicted molar refractivity (Wildman–Crippen MR) is 123 cm³/mol. The van der Waals surface area contributed by atoms with Crippen molar-refractivity contribution in [2.75, 3.05) is 0 Å². The number of aliphatic imine (C=N–C) groups is 1. The second-order valence-corrected chi connectivity index (χ2v) is 9.36. The maximum absolute atomic E-state index is 13.7. The third kappa shape index (κ3) is 5.22. The van der Waals surface area contributed by atoms with Gasteiger partial charge in [0, 0.05) is 18.1 Å². The number of amides is 1. The molecule has 1 saturated carbocycles. The molecule has 2 unspecified atom stereocenters. The van der Waals surface area contributed by atoms with Gasteiger partial charge >= 0.3 is 6.18 Å². The summed E-state index contributed by atoms with van der Waals surface area (Å²) in [5, 5.41) is -0.0259. The number of fused-ring (bicyclic) bond motifs is 1. The van der Waals surface area contributed by atoms with Crippen LogP contribution >= 0.6 is 34.8 Å². The van der Waals surface area contributed by atoms with Crippen LogP contribution in [0.25, 0.3) is 6.08 Å². The molecule has 1 amide bonds. The number of carbonyl (C=O) groups is 1. The number of rotatable bonds is 5. The molecule has 0 radical (unpaired) electrons. The average molecular weight is 501 g/mol. The van der Waals surface area contributed by atoms with Crippen LogP contribution in [0.15, 0.2) is 41.4 Å². The highest BCUT2D eigenvalue weighted by Gasteiger charge is 2.39. The van der Waals surface area contributed by atoms with Crippen LogP contribution in [-0.4, -0.2) is 18.3 Å². The van der Waals surface area contributed by atoms with Gasteiger partial charge in [-0.2, -0.15) is 13.2 Å². The van der Waals surface area contributed by atoms with Crippen molar-refractivity contribution in [3.63, 3.8) is 0 Å². The van der Waals surface area contributed by atoms with E-state index in [9.17, 15) is 18.0 Å². The molecule has 2 atom stereocenters. The Hall–Kier alpha value is -1.82. The predicted octanol–water partition coefficient (Wildman–Crippen LogP) is 8.04. The molecular weight excluding hydrogens is 482 g/mol. The van der Waals surface area contributed by atoms with E-state index in [-0.39, 0.29) is 38.4 Å². The maximum atomic E-state index is 13.7. The number of allylic oxidation sites excluding steroid dienone is 1. The Balaban J connectivity index is 1.55. The van der Waals surface area contributed by atoms with Crippen molar-refractivity contribution in [2.24, 2.45) is 10.9 Å². The Morgan fingerprint density at radius 2 is 1.75 bits per heavy atom. The van der Waals surface area contributed by atoms with Crippen LogP contribution in [0.2, 0.25) is 15.1 Å². The summed E-state index contributed by atoms with van der Waals surface area (Å²) in [7, 11) is 0. The Kier molecular flexibility index (Phi) is 6.71. The number of hydrogen-bond donors (Lipinski definition) is 0. The highest BCUT2D eigenvalue weighted by Crippen LogP contribution is 2.41. The number of nitrogens with zero attached hydrogens (tertiary/aromatic N) is 1. The smallest absolute Gasteiger partial charge is 0.272 e. The van der Waals surface area contributed by atoms with Gasteiger partial charge in [-0.05, 0) is 60.1 Å². The Morgan fingerprint density at radius 3 is 2.38 bits per heavy atom. The van der Waals surface area contributed by atoms with Gasteiger partial charge < -0.3 is 0 Å². The molecule has 0 aromatic heterocycles. The third-order valence-corrected chi connectivity index (χ3v) is 7.00. The van der Waals surface area contributed by atoms with Crippen molar-refractivity contribution in [3.05, 3.63) is 73.7 Å². The van der Waals surface area contributed by atoms with Crippen molar-refractivity contribution in [2.45, 2.75) is 43.7 Å². The van der Waals surface area contributed by atoms with E-state index < -0.39 is 12.1 Å². The third-order valence-electron chi connectivity index (χ3n) is 5.80. The minimum Gasteiger partial charge on any atom is -0.272 e. The first-order chi connectivity index (χ1) is 15.1. The van der Waals surface area contributed by atoms with Gasteiger partial charge in [0.2, 0.25) is 5.91 Å². The number of carbonyl (C=O) groups excluding carboxylic acids is 1. The molecule has 4 rings (SSSR count). The summed E-state index contributed by atoms with van der Waals surface area (Å²) in [4.78, 5) is 15.9. The van der Waals surface area contributed by atoms with Crippen LogP contribution in [0.5, 0.6) is 0 Å². The highest BCUT2D eigenvalue weighted by molar-refractivity contribution is 6.48. The van der Waals surface area contributed by atoms with Crippen LogP contribution in [0, 0.1) is 5.92 Å². The van der Waals surface area contributed by atoms with E-state index in [0.29, 0.717) is 5.56 Å². The van der Waals surface area contributed by atoms with E-state index in [0.717, 1.165) is 42.9 Å². The summed E-state index contributed by atoms with van der Waals surface area (Å²) in [6.07, 6.45) is 3.19. The second-order valence-electron chi connectivity index (χ2n) is 8.17. The maximum Gasteiger partial charge on any atom is 0.399 e. The lowest BCUT2D eigenvalue weighted by molar-refractivity contribution is -0.139. The first kappa shape index (κ1) is 23.3.